The molecule has 104 valence electrons. The first-order valence-corrected chi connectivity index (χ1v) is 6.23. The van der Waals surface area contributed by atoms with Crippen molar-refractivity contribution in [1.29, 1.82) is 0 Å². The standard InChI is InChI=1S/C15H17N3O2/c1-10-5-6-17-8-11(10)9-18-15(19)13-4-3-12(20-2)7-14(13)16/h3-8H,9,16H2,1-2H3,(H,18,19). The van der Waals surface area contributed by atoms with Gasteiger partial charge in [-0.2, -0.15) is 0 Å². The Bertz CT molecular complexity index is 626. The maximum atomic E-state index is 12.1. The molecule has 0 atom stereocenters. The summed E-state index contributed by atoms with van der Waals surface area (Å²) in [6.45, 7) is 2.40. The zero-order chi connectivity index (χ0) is 14.5. The molecule has 0 fully saturated rings. The third kappa shape index (κ3) is 3.06. The van der Waals surface area contributed by atoms with Crippen molar-refractivity contribution < 1.29 is 9.53 Å². The molecule has 1 aromatic carbocycles. The van der Waals surface area contributed by atoms with E-state index in [4.69, 9.17) is 10.5 Å². The first-order valence-electron chi connectivity index (χ1n) is 6.23. The van der Waals surface area contributed by atoms with E-state index in [1.807, 2.05) is 13.0 Å². The van der Waals surface area contributed by atoms with Crippen molar-refractivity contribution in [2.75, 3.05) is 12.8 Å². The van der Waals surface area contributed by atoms with Crippen LogP contribution in [0.2, 0.25) is 0 Å². The van der Waals surface area contributed by atoms with E-state index in [-0.39, 0.29) is 5.91 Å². The highest BCUT2D eigenvalue weighted by Crippen LogP contribution is 2.19. The molecule has 0 spiro atoms. The predicted molar refractivity (Wildman–Crippen MR) is 77.6 cm³/mol. The van der Waals surface area contributed by atoms with Gasteiger partial charge >= 0.3 is 0 Å². The number of anilines is 1. The molecular weight excluding hydrogens is 254 g/mol. The Morgan fingerprint density at radius 1 is 1.40 bits per heavy atom. The number of aromatic nitrogens is 1. The molecule has 3 N–H and O–H groups in total. The van der Waals surface area contributed by atoms with Crippen LogP contribution in [0.4, 0.5) is 5.69 Å². The number of rotatable bonds is 4. The molecule has 0 bridgehead atoms. The van der Waals surface area contributed by atoms with Crippen LogP contribution in [-0.4, -0.2) is 18.0 Å². The van der Waals surface area contributed by atoms with Crippen molar-refractivity contribution in [3.05, 3.63) is 53.3 Å². The highest BCUT2D eigenvalue weighted by molar-refractivity contribution is 5.99. The first kappa shape index (κ1) is 13.9. The molecule has 2 aromatic rings. The van der Waals surface area contributed by atoms with Gasteiger partial charge in [0.2, 0.25) is 0 Å². The molecule has 0 aliphatic heterocycles. The monoisotopic (exact) mass is 271 g/mol. The summed E-state index contributed by atoms with van der Waals surface area (Å²) in [5.74, 6) is 0.413. The fourth-order valence-electron chi connectivity index (χ4n) is 1.83. The van der Waals surface area contributed by atoms with Crippen LogP contribution in [0.25, 0.3) is 0 Å². The van der Waals surface area contributed by atoms with Gasteiger partial charge in [0, 0.05) is 30.7 Å². The van der Waals surface area contributed by atoms with E-state index >= 15 is 0 Å². The maximum absolute atomic E-state index is 12.1. The lowest BCUT2D eigenvalue weighted by molar-refractivity contribution is 0.0951. The average molecular weight is 271 g/mol. The Morgan fingerprint density at radius 3 is 2.85 bits per heavy atom. The summed E-state index contributed by atoms with van der Waals surface area (Å²) in [6, 6.07) is 6.90. The minimum atomic E-state index is -0.214. The van der Waals surface area contributed by atoms with Gasteiger partial charge in [-0.1, -0.05) is 0 Å². The molecular formula is C15H17N3O2. The number of amides is 1. The molecule has 0 aliphatic rings. The summed E-state index contributed by atoms with van der Waals surface area (Å²) in [7, 11) is 1.56. The highest BCUT2D eigenvalue weighted by Gasteiger charge is 2.10. The molecule has 1 aromatic heterocycles. The van der Waals surface area contributed by atoms with E-state index in [1.165, 1.54) is 0 Å². The van der Waals surface area contributed by atoms with Gasteiger partial charge in [0.05, 0.1) is 12.7 Å². The highest BCUT2D eigenvalue weighted by atomic mass is 16.5. The van der Waals surface area contributed by atoms with Gasteiger partial charge in [-0.15, -0.1) is 0 Å². The number of hydrogen-bond donors (Lipinski definition) is 2. The molecule has 0 unspecified atom stereocenters. The number of methoxy groups -OCH3 is 1. The second-order valence-electron chi connectivity index (χ2n) is 4.44. The molecule has 0 saturated heterocycles. The average Bonchev–Trinajstić information content (AvgIpc) is 2.46. The number of benzene rings is 1. The molecule has 5 heteroatoms. The summed E-state index contributed by atoms with van der Waals surface area (Å²) in [6.07, 6.45) is 3.47. The molecule has 2 rings (SSSR count). The van der Waals surface area contributed by atoms with Gasteiger partial charge in [0.1, 0.15) is 5.75 Å². The van der Waals surface area contributed by atoms with Gasteiger partial charge < -0.3 is 15.8 Å². The Hall–Kier alpha value is -2.56. The number of nitrogens with two attached hydrogens (primary N) is 1. The Morgan fingerprint density at radius 2 is 2.20 bits per heavy atom. The van der Waals surface area contributed by atoms with Crippen LogP contribution in [0.15, 0.2) is 36.7 Å². The van der Waals surface area contributed by atoms with Crippen LogP contribution in [0.1, 0.15) is 21.5 Å². The third-order valence-electron chi connectivity index (χ3n) is 3.09. The number of nitrogen functional groups attached to an aromatic ring is 1. The molecule has 20 heavy (non-hydrogen) atoms. The largest absolute Gasteiger partial charge is 0.497 e. The lowest BCUT2D eigenvalue weighted by Crippen LogP contribution is -2.24. The van der Waals surface area contributed by atoms with E-state index in [9.17, 15) is 4.79 Å². The number of pyridine rings is 1. The van der Waals surface area contributed by atoms with Crippen molar-refractivity contribution in [1.82, 2.24) is 10.3 Å². The normalized spacial score (nSPS) is 10.1. The van der Waals surface area contributed by atoms with E-state index in [0.29, 0.717) is 23.5 Å². The van der Waals surface area contributed by atoms with Crippen LogP contribution in [0.3, 0.4) is 0 Å². The predicted octanol–water partition coefficient (Wildman–Crippen LogP) is 1.91. The molecule has 0 radical (unpaired) electrons. The van der Waals surface area contributed by atoms with Crippen molar-refractivity contribution in [2.45, 2.75) is 13.5 Å². The number of carbonyl (C=O) groups is 1. The van der Waals surface area contributed by atoms with Gasteiger partial charge in [-0.3, -0.25) is 9.78 Å². The topological polar surface area (TPSA) is 77.2 Å². The van der Waals surface area contributed by atoms with Crippen molar-refractivity contribution >= 4 is 11.6 Å². The summed E-state index contributed by atoms with van der Waals surface area (Å²) in [5, 5.41) is 2.83. The van der Waals surface area contributed by atoms with Gasteiger partial charge in [-0.25, -0.2) is 0 Å². The van der Waals surface area contributed by atoms with Crippen molar-refractivity contribution in [3.63, 3.8) is 0 Å². The Balaban J connectivity index is 2.07. The number of carbonyl (C=O) groups excluding carboxylic acids is 1. The third-order valence-corrected chi connectivity index (χ3v) is 3.09. The number of nitrogens with zero attached hydrogens (tertiary/aromatic N) is 1. The Labute approximate surface area is 117 Å². The molecule has 0 aliphatic carbocycles. The summed E-state index contributed by atoms with van der Waals surface area (Å²) >= 11 is 0. The SMILES string of the molecule is COc1ccc(C(=O)NCc2cnccc2C)c(N)c1. The van der Waals surface area contributed by atoms with E-state index in [2.05, 4.69) is 10.3 Å². The van der Waals surface area contributed by atoms with Crippen LogP contribution in [-0.2, 0) is 6.54 Å². The quantitative estimate of drug-likeness (QED) is 0.833. The minimum absolute atomic E-state index is 0.214. The second kappa shape index (κ2) is 6.06. The van der Waals surface area contributed by atoms with Gasteiger partial charge in [-0.05, 0) is 36.2 Å². The molecule has 1 heterocycles. The zero-order valence-corrected chi connectivity index (χ0v) is 11.5. The zero-order valence-electron chi connectivity index (χ0n) is 11.5. The fourth-order valence-corrected chi connectivity index (χ4v) is 1.83. The Kier molecular flexibility index (Phi) is 4.20. The molecule has 0 saturated carbocycles. The lowest BCUT2D eigenvalue weighted by Gasteiger charge is -2.10. The van der Waals surface area contributed by atoms with Crippen LogP contribution < -0.4 is 15.8 Å². The smallest absolute Gasteiger partial charge is 0.253 e. The summed E-state index contributed by atoms with van der Waals surface area (Å²) in [4.78, 5) is 16.1. The first-order chi connectivity index (χ1) is 9.61. The lowest BCUT2D eigenvalue weighted by atomic mass is 10.1. The number of aryl methyl sites for hydroxylation is 1. The summed E-state index contributed by atoms with van der Waals surface area (Å²) < 4.78 is 5.05. The minimum Gasteiger partial charge on any atom is -0.497 e. The molecule has 5 nitrogen and oxygen atoms in total. The second-order valence-corrected chi connectivity index (χ2v) is 4.44. The van der Waals surface area contributed by atoms with Gasteiger partial charge in [0.15, 0.2) is 0 Å². The van der Waals surface area contributed by atoms with E-state index < -0.39 is 0 Å². The van der Waals surface area contributed by atoms with Crippen LogP contribution >= 0.6 is 0 Å². The summed E-state index contributed by atoms with van der Waals surface area (Å²) in [5.41, 5.74) is 8.74. The van der Waals surface area contributed by atoms with E-state index in [1.54, 1.807) is 37.7 Å². The van der Waals surface area contributed by atoms with E-state index in [0.717, 1.165) is 11.1 Å². The number of ether oxygens (including phenoxy) is 1. The maximum Gasteiger partial charge on any atom is 0.253 e. The molecule has 1 amide bonds. The van der Waals surface area contributed by atoms with Crippen LogP contribution in [0.5, 0.6) is 5.75 Å². The number of hydrogen-bond acceptors (Lipinski definition) is 4. The van der Waals surface area contributed by atoms with Gasteiger partial charge in [0.25, 0.3) is 5.91 Å². The number of nitrogens with one attached hydrogen (secondary N) is 1. The van der Waals surface area contributed by atoms with Crippen molar-refractivity contribution in [2.24, 2.45) is 0 Å². The van der Waals surface area contributed by atoms with Crippen LogP contribution in [0, 0.1) is 6.92 Å². The van der Waals surface area contributed by atoms with Crippen molar-refractivity contribution in [3.8, 4) is 5.75 Å². The fraction of sp³-hybridized carbons (Fsp3) is 0.200.